The zero-order valence-corrected chi connectivity index (χ0v) is 11.8. The summed E-state index contributed by atoms with van der Waals surface area (Å²) in [5.41, 5.74) is 11.5. The van der Waals surface area contributed by atoms with Gasteiger partial charge in [0.2, 0.25) is 0 Å². The summed E-state index contributed by atoms with van der Waals surface area (Å²) in [4.78, 5) is 12.6. The van der Waals surface area contributed by atoms with Crippen LogP contribution in [0.4, 0.5) is 5.69 Å². The molecule has 0 radical (unpaired) electrons. The standard InChI is InChI=1S/C11H14ClN3O3S/c1-18-9-5-8(15(3-2-13)11(14)19)7(12)4-6(9)10(16)17/h4-5H,2-3,13H2,1H3,(H2,14,19)(H,16,17). The fraction of sp³-hybridized carbons (Fsp3) is 0.273. The number of anilines is 1. The first-order valence-corrected chi connectivity index (χ1v) is 6.08. The van der Waals surface area contributed by atoms with Crippen LogP contribution in [-0.2, 0) is 0 Å². The van der Waals surface area contributed by atoms with Crippen molar-refractivity contribution in [3.05, 3.63) is 22.7 Å². The Labute approximate surface area is 120 Å². The van der Waals surface area contributed by atoms with Crippen LogP contribution in [0.15, 0.2) is 12.1 Å². The zero-order valence-electron chi connectivity index (χ0n) is 10.2. The first-order chi connectivity index (χ1) is 8.92. The lowest BCUT2D eigenvalue weighted by Crippen LogP contribution is -2.39. The molecule has 0 fully saturated rings. The average Bonchev–Trinajstić information content (AvgIpc) is 2.35. The maximum absolute atomic E-state index is 11.1. The van der Waals surface area contributed by atoms with Crippen molar-refractivity contribution in [1.82, 2.24) is 0 Å². The van der Waals surface area contributed by atoms with Crippen molar-refractivity contribution >= 4 is 40.6 Å². The highest BCUT2D eigenvalue weighted by Gasteiger charge is 2.19. The molecule has 1 aromatic carbocycles. The molecule has 0 atom stereocenters. The summed E-state index contributed by atoms with van der Waals surface area (Å²) in [5.74, 6) is -0.962. The Kier molecular flexibility index (Phi) is 5.34. The van der Waals surface area contributed by atoms with Crippen LogP contribution in [-0.4, -0.2) is 36.4 Å². The fourth-order valence-corrected chi connectivity index (χ4v) is 2.02. The lowest BCUT2D eigenvalue weighted by Gasteiger charge is -2.24. The molecule has 0 saturated carbocycles. The van der Waals surface area contributed by atoms with Gasteiger partial charge in [-0.3, -0.25) is 0 Å². The van der Waals surface area contributed by atoms with Crippen LogP contribution in [0.1, 0.15) is 10.4 Å². The molecule has 104 valence electrons. The van der Waals surface area contributed by atoms with Gasteiger partial charge in [-0.25, -0.2) is 4.79 Å². The van der Waals surface area contributed by atoms with Gasteiger partial charge in [-0.1, -0.05) is 11.6 Å². The maximum atomic E-state index is 11.1. The third-order valence-electron chi connectivity index (χ3n) is 2.41. The third-order valence-corrected chi connectivity index (χ3v) is 2.93. The van der Waals surface area contributed by atoms with Gasteiger partial charge < -0.3 is 26.2 Å². The van der Waals surface area contributed by atoms with Crippen molar-refractivity contribution in [3.63, 3.8) is 0 Å². The number of carboxylic acid groups (broad SMARTS) is 1. The van der Waals surface area contributed by atoms with Gasteiger partial charge >= 0.3 is 5.97 Å². The Balaban J connectivity index is 3.35. The number of carbonyl (C=O) groups is 1. The number of benzene rings is 1. The van der Waals surface area contributed by atoms with Crippen molar-refractivity contribution in [3.8, 4) is 5.75 Å². The van der Waals surface area contributed by atoms with E-state index in [-0.39, 0.29) is 21.4 Å². The van der Waals surface area contributed by atoms with Gasteiger partial charge in [0, 0.05) is 19.2 Å². The van der Waals surface area contributed by atoms with E-state index in [0.29, 0.717) is 18.8 Å². The summed E-state index contributed by atoms with van der Waals surface area (Å²) in [6.45, 7) is 0.682. The van der Waals surface area contributed by atoms with Crippen molar-refractivity contribution < 1.29 is 14.6 Å². The molecular formula is C11H14ClN3O3S. The molecule has 0 aliphatic rings. The van der Waals surface area contributed by atoms with Gasteiger partial charge in [0.1, 0.15) is 11.3 Å². The van der Waals surface area contributed by atoms with Crippen molar-refractivity contribution in [2.24, 2.45) is 11.5 Å². The van der Waals surface area contributed by atoms with Crippen molar-refractivity contribution in [1.29, 1.82) is 0 Å². The number of hydrogen-bond acceptors (Lipinski definition) is 4. The minimum atomic E-state index is -1.13. The second-order valence-corrected chi connectivity index (χ2v) is 4.41. The molecule has 0 spiro atoms. The van der Waals surface area contributed by atoms with Crippen LogP contribution < -0.4 is 21.1 Å². The number of halogens is 1. The number of aromatic carboxylic acids is 1. The Bertz CT molecular complexity index is 510. The topological polar surface area (TPSA) is 102 Å². The SMILES string of the molecule is COc1cc(N(CCN)C(N)=S)c(Cl)cc1C(=O)O. The number of ether oxygens (including phenoxy) is 1. The monoisotopic (exact) mass is 303 g/mol. The van der Waals surface area contributed by atoms with Crippen molar-refractivity contribution in [2.75, 3.05) is 25.1 Å². The third kappa shape index (κ3) is 3.46. The van der Waals surface area contributed by atoms with Crippen LogP contribution in [0.2, 0.25) is 5.02 Å². The second kappa shape index (κ2) is 6.55. The highest BCUT2D eigenvalue weighted by atomic mass is 35.5. The number of carboxylic acids is 1. The molecule has 0 aliphatic carbocycles. The summed E-state index contributed by atoms with van der Waals surface area (Å²) in [7, 11) is 1.37. The molecule has 0 bridgehead atoms. The second-order valence-electron chi connectivity index (χ2n) is 3.59. The van der Waals surface area contributed by atoms with Gasteiger partial charge in [-0.15, -0.1) is 0 Å². The minimum Gasteiger partial charge on any atom is -0.496 e. The fourth-order valence-electron chi connectivity index (χ4n) is 1.56. The molecule has 19 heavy (non-hydrogen) atoms. The molecule has 0 heterocycles. The molecule has 5 N–H and O–H groups in total. The van der Waals surface area contributed by atoms with E-state index >= 15 is 0 Å². The maximum Gasteiger partial charge on any atom is 0.339 e. The lowest BCUT2D eigenvalue weighted by molar-refractivity contribution is 0.0693. The van der Waals surface area contributed by atoms with Crippen molar-refractivity contribution in [2.45, 2.75) is 0 Å². The Morgan fingerprint density at radius 3 is 2.63 bits per heavy atom. The molecule has 6 nitrogen and oxygen atoms in total. The molecule has 0 saturated heterocycles. The summed E-state index contributed by atoms with van der Waals surface area (Å²) >= 11 is 11.0. The van der Waals surface area contributed by atoms with Gasteiger partial charge in [0.05, 0.1) is 17.8 Å². The molecule has 0 unspecified atom stereocenters. The Morgan fingerprint density at radius 1 is 1.58 bits per heavy atom. The highest BCUT2D eigenvalue weighted by Crippen LogP contribution is 2.33. The van der Waals surface area contributed by atoms with Crippen LogP contribution >= 0.6 is 23.8 Å². The van der Waals surface area contributed by atoms with E-state index in [2.05, 4.69) is 0 Å². The molecule has 1 rings (SSSR count). The molecular weight excluding hydrogens is 290 g/mol. The number of thiocarbonyl (C=S) groups is 1. The first kappa shape index (κ1) is 15.5. The first-order valence-electron chi connectivity index (χ1n) is 5.30. The minimum absolute atomic E-state index is 0.0353. The van der Waals surface area contributed by atoms with E-state index in [0.717, 1.165) is 0 Å². The smallest absolute Gasteiger partial charge is 0.339 e. The van der Waals surface area contributed by atoms with E-state index in [1.807, 2.05) is 0 Å². The summed E-state index contributed by atoms with van der Waals surface area (Å²) in [6.07, 6.45) is 0. The number of rotatable bonds is 5. The molecule has 0 aromatic heterocycles. The van der Waals surface area contributed by atoms with Gasteiger partial charge in [0.15, 0.2) is 5.11 Å². The van der Waals surface area contributed by atoms with Crippen LogP contribution in [0, 0.1) is 0 Å². The Hall–Kier alpha value is -1.57. The van der Waals surface area contributed by atoms with Crippen LogP contribution in [0.3, 0.4) is 0 Å². The van der Waals surface area contributed by atoms with Gasteiger partial charge in [-0.05, 0) is 18.3 Å². The largest absolute Gasteiger partial charge is 0.496 e. The van der Waals surface area contributed by atoms with Gasteiger partial charge in [0.25, 0.3) is 0 Å². The average molecular weight is 304 g/mol. The Morgan fingerprint density at radius 2 is 2.21 bits per heavy atom. The lowest BCUT2D eigenvalue weighted by atomic mass is 10.1. The molecule has 0 aliphatic heterocycles. The highest BCUT2D eigenvalue weighted by molar-refractivity contribution is 7.80. The molecule has 8 heteroatoms. The number of methoxy groups -OCH3 is 1. The normalized spacial score (nSPS) is 10.1. The summed E-state index contributed by atoms with van der Waals surface area (Å²) < 4.78 is 5.03. The molecule has 0 amide bonds. The van der Waals surface area contributed by atoms with Gasteiger partial charge in [-0.2, -0.15) is 0 Å². The van der Waals surface area contributed by atoms with E-state index in [1.165, 1.54) is 24.1 Å². The van der Waals surface area contributed by atoms with E-state index in [1.54, 1.807) is 0 Å². The van der Waals surface area contributed by atoms with Crippen LogP contribution in [0.5, 0.6) is 5.75 Å². The predicted molar refractivity (Wildman–Crippen MR) is 78.1 cm³/mol. The van der Waals surface area contributed by atoms with E-state index < -0.39 is 5.97 Å². The number of nitrogens with two attached hydrogens (primary N) is 2. The number of hydrogen-bond donors (Lipinski definition) is 3. The van der Waals surface area contributed by atoms with Crippen LogP contribution in [0.25, 0.3) is 0 Å². The quantitative estimate of drug-likeness (QED) is 0.699. The number of nitrogens with zero attached hydrogens (tertiary/aromatic N) is 1. The molecule has 1 aromatic rings. The van der Waals surface area contributed by atoms with E-state index in [9.17, 15) is 4.79 Å². The predicted octanol–water partition coefficient (Wildman–Crippen LogP) is 1.06. The van der Waals surface area contributed by atoms with E-state index in [4.69, 9.17) is 45.1 Å². The summed E-state index contributed by atoms with van der Waals surface area (Å²) in [6, 6.07) is 2.76. The summed E-state index contributed by atoms with van der Waals surface area (Å²) in [5, 5.41) is 9.34. The zero-order chi connectivity index (χ0) is 14.6.